The van der Waals surface area contributed by atoms with Crippen molar-refractivity contribution in [3.63, 3.8) is 0 Å². The molecule has 6 nitrogen and oxygen atoms in total. The van der Waals surface area contributed by atoms with Gasteiger partial charge in [-0.3, -0.25) is 4.79 Å². The van der Waals surface area contributed by atoms with E-state index in [0.29, 0.717) is 21.6 Å². The Morgan fingerprint density at radius 1 is 0.968 bits per heavy atom. The van der Waals surface area contributed by atoms with E-state index in [9.17, 15) is 4.79 Å². The van der Waals surface area contributed by atoms with Gasteiger partial charge in [0, 0.05) is 47.2 Å². The molecule has 0 atom stereocenters. The van der Waals surface area contributed by atoms with Gasteiger partial charge in [-0.25, -0.2) is 4.98 Å². The van der Waals surface area contributed by atoms with Crippen LogP contribution >= 0.6 is 23.2 Å². The molecule has 1 aromatic heterocycles. The van der Waals surface area contributed by atoms with Gasteiger partial charge in [-0.1, -0.05) is 35.3 Å². The van der Waals surface area contributed by atoms with E-state index in [2.05, 4.69) is 10.6 Å². The second-order valence-corrected chi connectivity index (χ2v) is 8.98. The number of para-hydroxylation sites is 1. The lowest BCUT2D eigenvalue weighted by molar-refractivity contribution is 0.0926. The molecule has 1 amide bonds. The van der Waals surface area contributed by atoms with Gasteiger partial charge in [-0.2, -0.15) is 4.98 Å². The third-order valence-electron chi connectivity index (χ3n) is 5.53. The van der Waals surface area contributed by atoms with Gasteiger partial charge in [0.2, 0.25) is 5.95 Å². The monoisotopic (exact) mass is 457 g/mol. The smallest absolute Gasteiger partial charge is 0.251 e. The Hall–Kier alpha value is -2.57. The first kappa shape index (κ1) is 21.7. The highest BCUT2D eigenvalue weighted by Gasteiger charge is 2.24. The molecule has 0 spiro atoms. The minimum Gasteiger partial charge on any atom is -0.362 e. The topological polar surface area (TPSA) is 70.2 Å². The first-order valence-electron chi connectivity index (χ1n) is 10.4. The van der Waals surface area contributed by atoms with Crippen molar-refractivity contribution >= 4 is 51.8 Å². The predicted octanol–water partition coefficient (Wildman–Crippen LogP) is 5.16. The summed E-state index contributed by atoms with van der Waals surface area (Å²) in [4.78, 5) is 24.0. The molecule has 2 aromatic carbocycles. The quantitative estimate of drug-likeness (QED) is 0.553. The number of rotatable bonds is 5. The number of fused-ring (bicyclic) bond motifs is 1. The Labute approximate surface area is 192 Å². The van der Waals surface area contributed by atoms with Gasteiger partial charge in [-0.05, 0) is 56.0 Å². The van der Waals surface area contributed by atoms with Crippen molar-refractivity contribution in [3.8, 4) is 0 Å². The van der Waals surface area contributed by atoms with Gasteiger partial charge < -0.3 is 15.5 Å². The highest BCUT2D eigenvalue weighted by atomic mass is 35.5. The summed E-state index contributed by atoms with van der Waals surface area (Å²) in [6.45, 7) is 0. The SMILES string of the molecule is CN(C)c1nc(N[C@H]2CC[C@@H](NC(=O)c3cc(Cl)cc(Cl)c3)CC2)nc2ccccc12. The zero-order valence-corrected chi connectivity index (χ0v) is 19.0. The van der Waals surface area contributed by atoms with Crippen molar-refractivity contribution in [3.05, 3.63) is 58.1 Å². The average Bonchev–Trinajstić information content (AvgIpc) is 2.73. The molecule has 8 heteroatoms. The number of anilines is 2. The number of amides is 1. The summed E-state index contributed by atoms with van der Waals surface area (Å²) in [6, 6.07) is 13.3. The molecule has 0 radical (unpaired) electrons. The lowest BCUT2D eigenvalue weighted by Crippen LogP contribution is -2.40. The molecule has 3 aromatic rings. The number of benzene rings is 2. The van der Waals surface area contributed by atoms with Crippen molar-refractivity contribution in [1.82, 2.24) is 15.3 Å². The van der Waals surface area contributed by atoms with Crippen molar-refractivity contribution < 1.29 is 4.79 Å². The maximum absolute atomic E-state index is 12.5. The fourth-order valence-electron chi connectivity index (χ4n) is 3.98. The zero-order valence-electron chi connectivity index (χ0n) is 17.5. The van der Waals surface area contributed by atoms with Crippen LogP contribution in [0, 0.1) is 0 Å². The fourth-order valence-corrected chi connectivity index (χ4v) is 4.51. The molecular weight excluding hydrogens is 433 g/mol. The largest absolute Gasteiger partial charge is 0.362 e. The summed E-state index contributed by atoms with van der Waals surface area (Å²) in [5.41, 5.74) is 1.41. The van der Waals surface area contributed by atoms with Gasteiger partial charge in [-0.15, -0.1) is 0 Å². The Morgan fingerprint density at radius 2 is 1.61 bits per heavy atom. The number of nitrogens with zero attached hydrogens (tertiary/aromatic N) is 3. The number of carbonyl (C=O) groups is 1. The van der Waals surface area contributed by atoms with Gasteiger partial charge in [0.1, 0.15) is 5.82 Å². The van der Waals surface area contributed by atoms with E-state index in [1.807, 2.05) is 43.3 Å². The molecule has 162 valence electrons. The number of hydrogen-bond acceptors (Lipinski definition) is 5. The molecular formula is C23H25Cl2N5O. The first-order chi connectivity index (χ1) is 14.9. The molecule has 31 heavy (non-hydrogen) atoms. The van der Waals surface area contributed by atoms with Crippen LogP contribution in [0.2, 0.25) is 10.0 Å². The molecule has 1 fully saturated rings. The summed E-state index contributed by atoms with van der Waals surface area (Å²) in [5, 5.41) is 8.54. The minimum atomic E-state index is -0.144. The standard InChI is InChI=1S/C23H25Cl2N5O/c1-30(2)21-19-5-3-4-6-20(19)28-23(29-21)27-18-9-7-17(8-10-18)26-22(31)14-11-15(24)13-16(25)12-14/h3-6,11-13,17-18H,7-10H2,1-2H3,(H,26,31)(H,27,28,29)/t17-,18+. The number of halogens is 2. The van der Waals surface area contributed by atoms with Crippen LogP contribution in [0.25, 0.3) is 10.9 Å². The van der Waals surface area contributed by atoms with E-state index in [-0.39, 0.29) is 18.0 Å². The third kappa shape index (κ3) is 5.20. The normalized spacial score (nSPS) is 18.6. The van der Waals surface area contributed by atoms with Gasteiger partial charge >= 0.3 is 0 Å². The molecule has 2 N–H and O–H groups in total. The summed E-state index contributed by atoms with van der Waals surface area (Å²) in [5.74, 6) is 1.40. The van der Waals surface area contributed by atoms with Crippen LogP contribution < -0.4 is 15.5 Å². The molecule has 0 aliphatic heterocycles. The van der Waals surface area contributed by atoms with E-state index in [0.717, 1.165) is 42.4 Å². The van der Waals surface area contributed by atoms with Crippen molar-refractivity contribution in [1.29, 1.82) is 0 Å². The molecule has 0 saturated heterocycles. The molecule has 0 bridgehead atoms. The average molecular weight is 458 g/mol. The van der Waals surface area contributed by atoms with E-state index < -0.39 is 0 Å². The van der Waals surface area contributed by atoms with Crippen LogP contribution in [0.3, 0.4) is 0 Å². The highest BCUT2D eigenvalue weighted by molar-refractivity contribution is 6.35. The zero-order chi connectivity index (χ0) is 22.0. The second-order valence-electron chi connectivity index (χ2n) is 8.11. The lowest BCUT2D eigenvalue weighted by atomic mass is 9.91. The van der Waals surface area contributed by atoms with Crippen LogP contribution in [0.5, 0.6) is 0 Å². The van der Waals surface area contributed by atoms with Crippen LogP contribution in [-0.4, -0.2) is 42.1 Å². The fraction of sp³-hybridized carbons (Fsp3) is 0.348. The molecule has 0 unspecified atom stereocenters. The van der Waals surface area contributed by atoms with Crippen molar-refractivity contribution in [2.24, 2.45) is 0 Å². The van der Waals surface area contributed by atoms with Gasteiger partial charge in [0.25, 0.3) is 5.91 Å². The van der Waals surface area contributed by atoms with Crippen LogP contribution in [0.4, 0.5) is 11.8 Å². The van der Waals surface area contributed by atoms with Gasteiger partial charge in [0.15, 0.2) is 0 Å². The van der Waals surface area contributed by atoms with E-state index >= 15 is 0 Å². The Balaban J connectivity index is 1.38. The van der Waals surface area contributed by atoms with Crippen molar-refractivity contribution in [2.45, 2.75) is 37.8 Å². The number of hydrogen-bond donors (Lipinski definition) is 2. The number of carbonyl (C=O) groups excluding carboxylic acids is 1. The van der Waals surface area contributed by atoms with Crippen LogP contribution in [-0.2, 0) is 0 Å². The Morgan fingerprint density at radius 3 is 2.29 bits per heavy atom. The Kier molecular flexibility index (Phi) is 6.49. The summed E-state index contributed by atoms with van der Waals surface area (Å²) >= 11 is 12.0. The molecule has 1 aliphatic rings. The highest BCUT2D eigenvalue weighted by Crippen LogP contribution is 2.27. The van der Waals surface area contributed by atoms with Crippen LogP contribution in [0.15, 0.2) is 42.5 Å². The van der Waals surface area contributed by atoms with Crippen molar-refractivity contribution in [2.75, 3.05) is 24.3 Å². The number of nitrogens with one attached hydrogen (secondary N) is 2. The summed E-state index contributed by atoms with van der Waals surface area (Å²) in [6.07, 6.45) is 3.61. The lowest BCUT2D eigenvalue weighted by Gasteiger charge is -2.30. The van der Waals surface area contributed by atoms with E-state index in [4.69, 9.17) is 33.2 Å². The Bertz CT molecular complexity index is 1080. The summed E-state index contributed by atoms with van der Waals surface area (Å²) in [7, 11) is 3.97. The molecule has 4 rings (SSSR count). The minimum absolute atomic E-state index is 0.123. The van der Waals surface area contributed by atoms with Crippen LogP contribution in [0.1, 0.15) is 36.0 Å². The van der Waals surface area contributed by atoms with E-state index in [1.165, 1.54) is 0 Å². The van der Waals surface area contributed by atoms with E-state index in [1.54, 1.807) is 18.2 Å². The second kappa shape index (κ2) is 9.28. The summed E-state index contributed by atoms with van der Waals surface area (Å²) < 4.78 is 0. The third-order valence-corrected chi connectivity index (χ3v) is 5.96. The van der Waals surface area contributed by atoms with Gasteiger partial charge in [0.05, 0.1) is 5.52 Å². The molecule has 1 saturated carbocycles. The first-order valence-corrected chi connectivity index (χ1v) is 11.1. The number of aromatic nitrogens is 2. The predicted molar refractivity (Wildman–Crippen MR) is 127 cm³/mol. The molecule has 1 aliphatic carbocycles. The maximum Gasteiger partial charge on any atom is 0.251 e. The maximum atomic E-state index is 12.5. The molecule has 1 heterocycles.